The summed E-state index contributed by atoms with van der Waals surface area (Å²) in [7, 11) is -4.57. The van der Waals surface area contributed by atoms with Crippen LogP contribution in [0.3, 0.4) is 0 Å². The van der Waals surface area contributed by atoms with Gasteiger partial charge in [0.15, 0.2) is 11.4 Å². The molecule has 1 amide bonds. The first-order valence-electron chi connectivity index (χ1n) is 15.0. The molecule has 3 atom stereocenters. The molecule has 3 aliphatic rings. The molecule has 0 unspecified atom stereocenters. The Morgan fingerprint density at radius 1 is 1.10 bits per heavy atom. The van der Waals surface area contributed by atoms with Crippen LogP contribution in [-0.4, -0.2) is 72.2 Å². The van der Waals surface area contributed by atoms with E-state index in [1.54, 1.807) is 35.5 Å². The first-order chi connectivity index (χ1) is 23.2. The molecule has 0 saturated carbocycles. The van der Waals surface area contributed by atoms with Gasteiger partial charge in [0, 0.05) is 42.0 Å². The minimum absolute atomic E-state index is 0.00711. The highest BCUT2D eigenvalue weighted by Crippen LogP contribution is 2.48. The van der Waals surface area contributed by atoms with Crippen LogP contribution in [0.15, 0.2) is 82.8 Å². The van der Waals surface area contributed by atoms with Gasteiger partial charge in [0.25, 0.3) is 11.6 Å². The maximum atomic E-state index is 14.6. The molecule has 2 aromatic carbocycles. The van der Waals surface area contributed by atoms with Gasteiger partial charge in [-0.25, -0.2) is 8.42 Å². The molecule has 6 heterocycles. The molecule has 5 aromatic rings. The molecule has 0 spiro atoms. The van der Waals surface area contributed by atoms with E-state index in [0.717, 1.165) is 17.1 Å². The molecular formula is C32H27N7O8S. The summed E-state index contributed by atoms with van der Waals surface area (Å²) in [5.41, 5.74) is 7.07. The molecule has 0 bridgehead atoms. The summed E-state index contributed by atoms with van der Waals surface area (Å²) >= 11 is 0. The van der Waals surface area contributed by atoms with E-state index in [0.29, 0.717) is 17.8 Å². The number of ether oxygens (including phenoxy) is 3. The summed E-state index contributed by atoms with van der Waals surface area (Å²) in [6.45, 7) is 0.473. The van der Waals surface area contributed by atoms with Crippen molar-refractivity contribution < 1.29 is 32.3 Å². The van der Waals surface area contributed by atoms with Crippen LogP contribution in [0.5, 0.6) is 11.6 Å². The number of nitrogens with one attached hydrogen (secondary N) is 2. The number of nitrogens with zero attached hydrogens (tertiary/aromatic N) is 4. The Kier molecular flexibility index (Phi) is 6.92. The van der Waals surface area contributed by atoms with Gasteiger partial charge in [-0.2, -0.15) is 4.98 Å². The summed E-state index contributed by atoms with van der Waals surface area (Å²) < 4.78 is 47.1. The minimum atomic E-state index is -4.57. The van der Waals surface area contributed by atoms with Gasteiger partial charge in [-0.05, 0) is 36.4 Å². The first-order valence-corrected chi connectivity index (χ1v) is 16.5. The highest BCUT2D eigenvalue weighted by atomic mass is 32.2. The zero-order valence-electron chi connectivity index (χ0n) is 25.0. The number of sulfone groups is 1. The lowest BCUT2D eigenvalue weighted by atomic mass is 10.0. The van der Waals surface area contributed by atoms with Crippen molar-refractivity contribution in [2.45, 2.75) is 34.4 Å². The standard InChI is InChI=1S/C32H27N7O8S/c33-30(40)21-5-3-6-27(29(21)38-23-10-17-7-9-35-31(17)37-32(23)47-26-16-45-15-24(26)38)48(43,44)20-12-22(39(41)42)28-25(13-20)46-14-19(36-28)11-18-4-1-2-8-34-18/h1-10,12-13,19,24,26,36H,11,14-16H2,(H2,33,40)(H,35,37)/t19-,24-,26-/m1/s1. The number of hydrogen-bond donors (Lipinski definition) is 3. The SMILES string of the molecule is NC(=O)c1cccc(S(=O)(=O)c2cc3c(c([N+](=O)[O-])c2)N[C@H](Cc2ccccn2)CO3)c1N1c2cc3cc[nH]c3nc2O[C@@H]2COC[C@H]21. The zero-order valence-corrected chi connectivity index (χ0v) is 25.8. The van der Waals surface area contributed by atoms with E-state index in [1.165, 1.54) is 24.3 Å². The van der Waals surface area contributed by atoms with E-state index in [-0.39, 0.29) is 59.3 Å². The number of pyridine rings is 2. The van der Waals surface area contributed by atoms with Crippen molar-refractivity contribution in [2.75, 3.05) is 30.0 Å². The molecule has 1 fully saturated rings. The van der Waals surface area contributed by atoms with Crippen molar-refractivity contribution in [3.05, 3.63) is 94.4 Å². The maximum Gasteiger partial charge on any atom is 0.297 e. The quantitative estimate of drug-likeness (QED) is 0.168. The van der Waals surface area contributed by atoms with Gasteiger partial charge in [0.2, 0.25) is 15.7 Å². The number of H-pyrrole nitrogens is 1. The molecular weight excluding hydrogens is 642 g/mol. The number of para-hydroxylation sites is 1. The third-order valence-corrected chi connectivity index (χ3v) is 10.4. The predicted molar refractivity (Wildman–Crippen MR) is 172 cm³/mol. The lowest BCUT2D eigenvalue weighted by molar-refractivity contribution is -0.384. The van der Waals surface area contributed by atoms with E-state index < -0.39 is 43.4 Å². The maximum absolute atomic E-state index is 14.6. The average Bonchev–Trinajstić information content (AvgIpc) is 3.75. The van der Waals surface area contributed by atoms with Gasteiger partial charge in [0.05, 0.1) is 51.3 Å². The van der Waals surface area contributed by atoms with Crippen LogP contribution in [-0.2, 0) is 21.0 Å². The van der Waals surface area contributed by atoms with Crippen LogP contribution in [0.4, 0.5) is 22.7 Å². The van der Waals surface area contributed by atoms with Gasteiger partial charge in [-0.15, -0.1) is 0 Å². The van der Waals surface area contributed by atoms with Crippen molar-refractivity contribution in [3.8, 4) is 11.6 Å². The number of benzene rings is 2. The molecule has 48 heavy (non-hydrogen) atoms. The Morgan fingerprint density at radius 2 is 1.98 bits per heavy atom. The fraction of sp³-hybridized carbons (Fsp3) is 0.219. The Balaban J connectivity index is 1.27. The molecule has 244 valence electrons. The number of nitro benzene ring substituents is 1. The fourth-order valence-electron chi connectivity index (χ4n) is 6.46. The number of amides is 1. The van der Waals surface area contributed by atoms with E-state index in [4.69, 9.17) is 19.9 Å². The van der Waals surface area contributed by atoms with Crippen molar-refractivity contribution in [1.29, 1.82) is 0 Å². The van der Waals surface area contributed by atoms with Crippen LogP contribution in [0, 0.1) is 10.1 Å². The molecule has 3 aliphatic heterocycles. The Bertz CT molecular complexity index is 2230. The molecule has 0 radical (unpaired) electrons. The second-order valence-corrected chi connectivity index (χ2v) is 13.5. The van der Waals surface area contributed by atoms with Crippen molar-refractivity contribution in [3.63, 3.8) is 0 Å². The molecule has 15 nitrogen and oxygen atoms in total. The number of rotatable bonds is 7. The third-order valence-electron chi connectivity index (χ3n) is 8.66. The predicted octanol–water partition coefficient (Wildman–Crippen LogP) is 3.51. The average molecular weight is 670 g/mol. The Hall–Kier alpha value is -5.74. The summed E-state index contributed by atoms with van der Waals surface area (Å²) in [6, 6.07) is 14.6. The molecule has 0 aliphatic carbocycles. The van der Waals surface area contributed by atoms with Crippen LogP contribution in [0.2, 0.25) is 0 Å². The van der Waals surface area contributed by atoms with E-state index in [2.05, 4.69) is 20.3 Å². The number of fused-ring (bicyclic) bond motifs is 4. The van der Waals surface area contributed by atoms with E-state index in [1.807, 2.05) is 12.1 Å². The fourth-order valence-corrected chi connectivity index (χ4v) is 7.97. The topological polar surface area (TPSA) is 205 Å². The first kappa shape index (κ1) is 29.6. The smallest absolute Gasteiger partial charge is 0.297 e. The number of aromatic amines is 1. The normalized spacial score (nSPS) is 19.8. The van der Waals surface area contributed by atoms with Gasteiger partial charge >= 0.3 is 0 Å². The van der Waals surface area contributed by atoms with Crippen LogP contribution in [0.1, 0.15) is 16.1 Å². The van der Waals surface area contributed by atoms with Crippen LogP contribution >= 0.6 is 0 Å². The summed E-state index contributed by atoms with van der Waals surface area (Å²) in [4.78, 5) is 37.6. The number of hydrogen-bond acceptors (Lipinski definition) is 12. The second kappa shape index (κ2) is 11.2. The lowest BCUT2D eigenvalue weighted by Gasteiger charge is -2.40. The summed E-state index contributed by atoms with van der Waals surface area (Å²) in [5, 5.41) is 16.2. The van der Waals surface area contributed by atoms with Crippen LogP contribution in [0.25, 0.3) is 11.0 Å². The number of anilines is 3. The zero-order chi connectivity index (χ0) is 33.2. The van der Waals surface area contributed by atoms with Crippen molar-refractivity contribution in [1.82, 2.24) is 15.0 Å². The number of aromatic nitrogens is 3. The Morgan fingerprint density at radius 3 is 2.77 bits per heavy atom. The number of carbonyl (C=O) groups is 1. The van der Waals surface area contributed by atoms with Gasteiger partial charge in [-0.3, -0.25) is 19.9 Å². The third kappa shape index (κ3) is 4.84. The highest BCUT2D eigenvalue weighted by Gasteiger charge is 2.45. The molecule has 3 aromatic heterocycles. The monoisotopic (exact) mass is 669 g/mol. The number of primary amides is 1. The van der Waals surface area contributed by atoms with E-state index >= 15 is 0 Å². The van der Waals surface area contributed by atoms with Gasteiger partial charge in [0.1, 0.15) is 24.0 Å². The number of nitro groups is 1. The lowest BCUT2D eigenvalue weighted by Crippen LogP contribution is -2.47. The largest absolute Gasteiger partial charge is 0.489 e. The molecule has 16 heteroatoms. The van der Waals surface area contributed by atoms with Gasteiger partial charge < -0.3 is 35.1 Å². The molecule has 1 saturated heterocycles. The highest BCUT2D eigenvalue weighted by molar-refractivity contribution is 7.91. The van der Waals surface area contributed by atoms with E-state index in [9.17, 15) is 23.3 Å². The second-order valence-electron chi connectivity index (χ2n) is 11.6. The Labute approximate surface area is 272 Å². The van der Waals surface area contributed by atoms with Crippen molar-refractivity contribution >= 4 is 49.5 Å². The van der Waals surface area contributed by atoms with Crippen LogP contribution < -0.4 is 25.4 Å². The summed E-state index contributed by atoms with van der Waals surface area (Å²) in [6.07, 6.45) is 3.25. The minimum Gasteiger partial charge on any atom is -0.489 e. The molecule has 8 rings (SSSR count). The van der Waals surface area contributed by atoms with Crippen molar-refractivity contribution in [2.24, 2.45) is 5.73 Å². The number of carbonyl (C=O) groups excluding carboxylic acids is 1. The molecule has 4 N–H and O–H groups in total. The summed E-state index contributed by atoms with van der Waals surface area (Å²) in [5.74, 6) is -0.653. The number of nitrogens with two attached hydrogens (primary N) is 1. The van der Waals surface area contributed by atoms with Gasteiger partial charge in [-0.1, -0.05) is 12.1 Å².